The number of carbonyl (C=O) groups is 1. The Bertz CT molecular complexity index is 1040. The maximum atomic E-state index is 13.1. The van der Waals surface area contributed by atoms with E-state index in [2.05, 4.69) is 10.2 Å². The standard InChI is InChI=1S/C22H23F3N4O2/c23-22(24,25)17-10-11-19-26-27-21(29(19)15-17)16-6-4-12-28(14-16)20(30)9-5-13-31-18-7-2-1-3-8-18/h1-3,7-8,10-11,15-16H,4-6,9,12-14H2. The van der Waals surface area contributed by atoms with Gasteiger partial charge in [0.15, 0.2) is 5.65 Å². The van der Waals surface area contributed by atoms with Crippen molar-refractivity contribution in [1.29, 1.82) is 0 Å². The first-order valence-electron chi connectivity index (χ1n) is 10.3. The van der Waals surface area contributed by atoms with E-state index >= 15 is 0 Å². The van der Waals surface area contributed by atoms with Crippen LogP contribution in [0, 0.1) is 0 Å². The number of halogens is 3. The molecule has 1 saturated heterocycles. The number of piperidine rings is 1. The number of amides is 1. The van der Waals surface area contributed by atoms with Gasteiger partial charge in [-0.3, -0.25) is 9.20 Å². The molecule has 1 atom stereocenters. The third kappa shape index (κ3) is 4.98. The molecule has 164 valence electrons. The van der Waals surface area contributed by atoms with Crippen LogP contribution in [0.3, 0.4) is 0 Å². The highest BCUT2D eigenvalue weighted by Crippen LogP contribution is 2.31. The number of alkyl halides is 3. The van der Waals surface area contributed by atoms with Crippen LogP contribution in [0.1, 0.15) is 43.0 Å². The van der Waals surface area contributed by atoms with Crippen molar-refractivity contribution in [2.24, 2.45) is 0 Å². The summed E-state index contributed by atoms with van der Waals surface area (Å²) in [5, 5.41) is 8.13. The SMILES string of the molecule is O=C(CCCOc1ccccc1)N1CCCC(c2nnc3ccc(C(F)(F)F)cn23)C1. The summed E-state index contributed by atoms with van der Waals surface area (Å²) in [7, 11) is 0. The number of likely N-dealkylation sites (tertiary alicyclic amines) is 1. The Morgan fingerprint density at radius 2 is 1.94 bits per heavy atom. The van der Waals surface area contributed by atoms with Gasteiger partial charge in [-0.1, -0.05) is 18.2 Å². The normalized spacial score (nSPS) is 17.1. The summed E-state index contributed by atoms with van der Waals surface area (Å²) in [6.07, 6.45) is -0.933. The highest BCUT2D eigenvalue weighted by Gasteiger charge is 2.32. The molecule has 31 heavy (non-hydrogen) atoms. The van der Waals surface area contributed by atoms with Gasteiger partial charge >= 0.3 is 6.18 Å². The van der Waals surface area contributed by atoms with Crippen molar-refractivity contribution in [1.82, 2.24) is 19.5 Å². The van der Waals surface area contributed by atoms with Crippen LogP contribution in [-0.2, 0) is 11.0 Å². The minimum absolute atomic E-state index is 0.0196. The zero-order chi connectivity index (χ0) is 21.8. The molecular formula is C22H23F3N4O2. The van der Waals surface area contributed by atoms with Crippen molar-refractivity contribution in [3.63, 3.8) is 0 Å². The lowest BCUT2D eigenvalue weighted by Gasteiger charge is -2.32. The van der Waals surface area contributed by atoms with Gasteiger partial charge < -0.3 is 9.64 Å². The van der Waals surface area contributed by atoms with Gasteiger partial charge in [-0.05, 0) is 43.5 Å². The van der Waals surface area contributed by atoms with E-state index in [1.165, 1.54) is 10.5 Å². The van der Waals surface area contributed by atoms with Gasteiger partial charge in [-0.15, -0.1) is 10.2 Å². The quantitative estimate of drug-likeness (QED) is 0.545. The van der Waals surface area contributed by atoms with Gasteiger partial charge in [-0.25, -0.2) is 0 Å². The van der Waals surface area contributed by atoms with Crippen LogP contribution >= 0.6 is 0 Å². The topological polar surface area (TPSA) is 59.7 Å². The van der Waals surface area contributed by atoms with Gasteiger partial charge in [0.05, 0.1) is 12.2 Å². The molecule has 0 saturated carbocycles. The molecule has 1 aromatic carbocycles. The van der Waals surface area contributed by atoms with Crippen LogP contribution in [0.25, 0.3) is 5.65 Å². The van der Waals surface area contributed by atoms with E-state index < -0.39 is 11.7 Å². The van der Waals surface area contributed by atoms with Crippen molar-refractivity contribution < 1.29 is 22.7 Å². The van der Waals surface area contributed by atoms with Crippen molar-refractivity contribution in [3.8, 4) is 5.75 Å². The maximum absolute atomic E-state index is 13.1. The third-order valence-electron chi connectivity index (χ3n) is 5.44. The van der Waals surface area contributed by atoms with E-state index in [9.17, 15) is 18.0 Å². The second kappa shape index (κ2) is 8.95. The number of rotatable bonds is 6. The number of carbonyl (C=O) groups excluding carboxylic acids is 1. The molecule has 0 spiro atoms. The average Bonchev–Trinajstić information content (AvgIpc) is 3.20. The highest BCUT2D eigenvalue weighted by atomic mass is 19.4. The molecule has 1 aliphatic rings. The minimum Gasteiger partial charge on any atom is -0.494 e. The van der Waals surface area contributed by atoms with E-state index in [1.807, 2.05) is 30.3 Å². The van der Waals surface area contributed by atoms with Gasteiger partial charge in [0.25, 0.3) is 0 Å². The van der Waals surface area contributed by atoms with E-state index in [1.54, 1.807) is 4.90 Å². The number of ether oxygens (including phenoxy) is 1. The lowest BCUT2D eigenvalue weighted by molar-refractivity contribution is -0.137. The van der Waals surface area contributed by atoms with E-state index in [-0.39, 0.29) is 11.8 Å². The van der Waals surface area contributed by atoms with Crippen LogP contribution in [0.15, 0.2) is 48.7 Å². The van der Waals surface area contributed by atoms with Crippen LogP contribution in [0.2, 0.25) is 0 Å². The molecule has 3 aromatic rings. The molecule has 1 fully saturated rings. The molecule has 3 heterocycles. The zero-order valence-electron chi connectivity index (χ0n) is 16.9. The lowest BCUT2D eigenvalue weighted by Crippen LogP contribution is -2.39. The number of hydrogen-bond donors (Lipinski definition) is 0. The van der Waals surface area contributed by atoms with E-state index in [0.717, 1.165) is 30.9 Å². The molecule has 6 nitrogen and oxygen atoms in total. The molecule has 1 amide bonds. The minimum atomic E-state index is -4.44. The lowest BCUT2D eigenvalue weighted by atomic mass is 9.96. The summed E-state index contributed by atoms with van der Waals surface area (Å²) in [4.78, 5) is 14.4. The average molecular weight is 432 g/mol. The fourth-order valence-corrected chi connectivity index (χ4v) is 3.86. The highest BCUT2D eigenvalue weighted by molar-refractivity contribution is 5.76. The number of fused-ring (bicyclic) bond motifs is 1. The zero-order valence-corrected chi connectivity index (χ0v) is 16.9. The number of benzene rings is 1. The molecule has 9 heteroatoms. The molecule has 0 bridgehead atoms. The first kappa shape index (κ1) is 21.1. The third-order valence-corrected chi connectivity index (χ3v) is 5.44. The van der Waals surface area contributed by atoms with Crippen LogP contribution in [0.5, 0.6) is 5.75 Å². The van der Waals surface area contributed by atoms with Crippen LogP contribution in [0.4, 0.5) is 13.2 Å². The van der Waals surface area contributed by atoms with Gasteiger partial charge in [-0.2, -0.15) is 13.2 Å². The second-order valence-electron chi connectivity index (χ2n) is 7.65. The number of nitrogens with zero attached hydrogens (tertiary/aromatic N) is 4. The predicted octanol–water partition coefficient (Wildman–Crippen LogP) is 4.31. The fraction of sp³-hybridized carbons (Fsp3) is 0.409. The number of pyridine rings is 1. The Morgan fingerprint density at radius 1 is 1.13 bits per heavy atom. The molecule has 1 aliphatic heterocycles. The molecule has 0 radical (unpaired) electrons. The van der Waals surface area contributed by atoms with Crippen molar-refractivity contribution in [2.45, 2.75) is 37.8 Å². The molecule has 4 rings (SSSR count). The van der Waals surface area contributed by atoms with E-state index in [4.69, 9.17) is 4.74 Å². The Labute approximate surface area is 177 Å². The summed E-state index contributed by atoms with van der Waals surface area (Å²) in [6, 6.07) is 11.7. The summed E-state index contributed by atoms with van der Waals surface area (Å²) >= 11 is 0. The van der Waals surface area contributed by atoms with Crippen molar-refractivity contribution in [3.05, 3.63) is 60.0 Å². The molecule has 0 N–H and O–H groups in total. The number of para-hydroxylation sites is 1. The Balaban J connectivity index is 1.37. The first-order valence-corrected chi connectivity index (χ1v) is 10.3. The van der Waals surface area contributed by atoms with Crippen molar-refractivity contribution in [2.75, 3.05) is 19.7 Å². The Morgan fingerprint density at radius 3 is 2.71 bits per heavy atom. The van der Waals surface area contributed by atoms with Gasteiger partial charge in [0, 0.05) is 31.6 Å². The van der Waals surface area contributed by atoms with Crippen LogP contribution in [-0.4, -0.2) is 45.1 Å². The summed E-state index contributed by atoms with van der Waals surface area (Å²) in [5.41, 5.74) is -0.382. The van der Waals surface area contributed by atoms with Gasteiger partial charge in [0.1, 0.15) is 11.6 Å². The first-order chi connectivity index (χ1) is 14.9. The van der Waals surface area contributed by atoms with E-state index in [0.29, 0.717) is 44.0 Å². The Hall–Kier alpha value is -3.10. The smallest absolute Gasteiger partial charge is 0.417 e. The maximum Gasteiger partial charge on any atom is 0.417 e. The fourth-order valence-electron chi connectivity index (χ4n) is 3.86. The molecule has 2 aromatic heterocycles. The summed E-state index contributed by atoms with van der Waals surface area (Å²) in [5.74, 6) is 1.10. The monoisotopic (exact) mass is 432 g/mol. The molecule has 0 aliphatic carbocycles. The second-order valence-corrected chi connectivity index (χ2v) is 7.65. The van der Waals surface area contributed by atoms with Crippen LogP contribution < -0.4 is 4.74 Å². The predicted molar refractivity (Wildman–Crippen MR) is 108 cm³/mol. The number of aromatic nitrogens is 3. The summed E-state index contributed by atoms with van der Waals surface area (Å²) in [6.45, 7) is 1.51. The number of hydrogen-bond acceptors (Lipinski definition) is 4. The molecular weight excluding hydrogens is 409 g/mol. The summed E-state index contributed by atoms with van der Waals surface area (Å²) < 4.78 is 46.3. The van der Waals surface area contributed by atoms with Gasteiger partial charge in [0.2, 0.25) is 5.91 Å². The van der Waals surface area contributed by atoms with Crippen molar-refractivity contribution >= 4 is 11.6 Å². The Kier molecular flexibility index (Phi) is 6.11. The molecule has 1 unspecified atom stereocenters. The largest absolute Gasteiger partial charge is 0.494 e.